The highest BCUT2D eigenvalue weighted by atomic mass is 32.2. The number of furan rings is 1. The molecule has 9 heteroatoms. The molecular formula is C23H24N2O6S. The number of rotatable bonds is 8. The maximum Gasteiger partial charge on any atom is 0.262 e. The van der Waals surface area contributed by atoms with Gasteiger partial charge in [-0.2, -0.15) is 0 Å². The zero-order valence-electron chi connectivity index (χ0n) is 17.5. The summed E-state index contributed by atoms with van der Waals surface area (Å²) in [6.45, 7) is 2.73. The van der Waals surface area contributed by atoms with Crippen LogP contribution < -0.4 is 19.5 Å². The van der Waals surface area contributed by atoms with Gasteiger partial charge in [-0.05, 0) is 61.9 Å². The van der Waals surface area contributed by atoms with Crippen molar-refractivity contribution in [2.45, 2.75) is 30.7 Å². The van der Waals surface area contributed by atoms with Gasteiger partial charge in [-0.15, -0.1) is 0 Å². The first-order chi connectivity index (χ1) is 15.4. The molecule has 0 fully saturated rings. The van der Waals surface area contributed by atoms with Gasteiger partial charge in [-0.3, -0.25) is 9.52 Å². The molecule has 0 radical (unpaired) electrons. The Labute approximate surface area is 186 Å². The van der Waals surface area contributed by atoms with Crippen LogP contribution in [0.4, 0.5) is 5.69 Å². The van der Waals surface area contributed by atoms with Crippen molar-refractivity contribution in [1.82, 2.24) is 5.32 Å². The Morgan fingerprint density at radius 3 is 2.50 bits per heavy atom. The molecule has 0 unspecified atom stereocenters. The van der Waals surface area contributed by atoms with Crippen LogP contribution in [0.15, 0.2) is 70.2 Å². The van der Waals surface area contributed by atoms with Gasteiger partial charge in [0.15, 0.2) is 11.5 Å². The lowest BCUT2D eigenvalue weighted by Gasteiger charge is -2.19. The molecule has 2 heterocycles. The van der Waals surface area contributed by atoms with Crippen molar-refractivity contribution in [3.05, 3.63) is 72.2 Å². The number of ether oxygens (including phenoxy) is 2. The second-order valence-corrected chi connectivity index (χ2v) is 9.16. The highest BCUT2D eigenvalue weighted by Gasteiger charge is 2.20. The molecule has 2 aromatic carbocycles. The average molecular weight is 457 g/mol. The fourth-order valence-corrected chi connectivity index (χ4v) is 4.36. The first kappa shape index (κ1) is 21.8. The number of carbonyl (C=O) groups excluding carboxylic acids is 1. The normalized spacial score (nSPS) is 13.9. The third-order valence-corrected chi connectivity index (χ3v) is 6.38. The molecule has 0 saturated carbocycles. The Kier molecular flexibility index (Phi) is 6.36. The van der Waals surface area contributed by atoms with Crippen LogP contribution in [0, 0.1) is 0 Å². The topological polar surface area (TPSA) is 107 Å². The lowest BCUT2D eigenvalue weighted by Crippen LogP contribution is -2.32. The molecule has 0 spiro atoms. The molecule has 1 atom stereocenters. The summed E-state index contributed by atoms with van der Waals surface area (Å²) in [5.74, 6) is 1.57. The molecule has 168 valence electrons. The first-order valence-corrected chi connectivity index (χ1v) is 11.7. The quantitative estimate of drug-likeness (QED) is 0.536. The summed E-state index contributed by atoms with van der Waals surface area (Å²) in [6.07, 6.45) is 3.10. The second kappa shape index (κ2) is 9.35. The number of sulfonamides is 1. The number of anilines is 1. The van der Waals surface area contributed by atoms with E-state index in [1.807, 2.05) is 19.1 Å². The number of carbonyl (C=O) groups is 1. The molecule has 0 bridgehead atoms. The fourth-order valence-electron chi connectivity index (χ4n) is 3.29. The SMILES string of the molecule is C[C@H](CCc1ccco1)NC(=O)c1ccc(NS(=O)(=O)c2ccc3c(c2)OCCO3)cc1. The maximum atomic E-state index is 12.7. The smallest absolute Gasteiger partial charge is 0.262 e. The van der Waals surface area contributed by atoms with E-state index in [0.29, 0.717) is 36.0 Å². The Balaban J connectivity index is 1.36. The molecule has 32 heavy (non-hydrogen) atoms. The monoisotopic (exact) mass is 456 g/mol. The van der Waals surface area contributed by atoms with E-state index in [2.05, 4.69) is 10.0 Å². The minimum absolute atomic E-state index is 0.0408. The Morgan fingerprint density at radius 2 is 1.78 bits per heavy atom. The highest BCUT2D eigenvalue weighted by molar-refractivity contribution is 7.92. The molecule has 1 aliphatic heterocycles. The molecule has 2 N–H and O–H groups in total. The van der Waals surface area contributed by atoms with E-state index in [4.69, 9.17) is 13.9 Å². The molecule has 3 aromatic rings. The van der Waals surface area contributed by atoms with Crippen LogP contribution >= 0.6 is 0 Å². The van der Waals surface area contributed by atoms with Crippen molar-refractivity contribution in [3.8, 4) is 11.5 Å². The van der Waals surface area contributed by atoms with Gasteiger partial charge < -0.3 is 19.2 Å². The summed E-state index contributed by atoms with van der Waals surface area (Å²) in [4.78, 5) is 12.5. The summed E-state index contributed by atoms with van der Waals surface area (Å²) >= 11 is 0. The number of aryl methyl sites for hydroxylation is 1. The van der Waals surface area contributed by atoms with E-state index in [-0.39, 0.29) is 16.8 Å². The van der Waals surface area contributed by atoms with Crippen molar-refractivity contribution in [1.29, 1.82) is 0 Å². The van der Waals surface area contributed by atoms with Gasteiger partial charge in [-0.25, -0.2) is 8.42 Å². The van der Waals surface area contributed by atoms with Crippen LogP contribution in [-0.4, -0.2) is 33.6 Å². The molecule has 8 nitrogen and oxygen atoms in total. The summed E-state index contributed by atoms with van der Waals surface area (Å²) in [6, 6.07) is 14.4. The van der Waals surface area contributed by atoms with Crippen molar-refractivity contribution >= 4 is 21.6 Å². The summed E-state index contributed by atoms with van der Waals surface area (Å²) in [7, 11) is -3.82. The maximum absolute atomic E-state index is 12.7. The number of amides is 1. The van der Waals surface area contributed by atoms with Gasteiger partial charge in [0.2, 0.25) is 0 Å². The van der Waals surface area contributed by atoms with E-state index in [9.17, 15) is 13.2 Å². The zero-order chi connectivity index (χ0) is 22.6. The largest absolute Gasteiger partial charge is 0.486 e. The van der Waals surface area contributed by atoms with E-state index < -0.39 is 10.0 Å². The van der Waals surface area contributed by atoms with Gasteiger partial charge in [0, 0.05) is 29.8 Å². The minimum atomic E-state index is -3.82. The fraction of sp³-hybridized carbons (Fsp3) is 0.261. The number of nitrogens with one attached hydrogen (secondary N) is 2. The van der Waals surface area contributed by atoms with E-state index in [0.717, 1.165) is 18.6 Å². The number of benzene rings is 2. The first-order valence-electron chi connectivity index (χ1n) is 10.3. The molecule has 4 rings (SSSR count). The third-order valence-electron chi connectivity index (χ3n) is 5.00. The van der Waals surface area contributed by atoms with Crippen molar-refractivity contribution in [3.63, 3.8) is 0 Å². The Hall–Kier alpha value is -3.46. The van der Waals surface area contributed by atoms with E-state index >= 15 is 0 Å². The predicted molar refractivity (Wildman–Crippen MR) is 119 cm³/mol. The van der Waals surface area contributed by atoms with E-state index in [1.165, 1.54) is 12.1 Å². The predicted octanol–water partition coefficient (Wildman–Crippen LogP) is 3.60. The highest BCUT2D eigenvalue weighted by Crippen LogP contribution is 2.32. The van der Waals surface area contributed by atoms with Crippen molar-refractivity contribution in [2.24, 2.45) is 0 Å². The van der Waals surface area contributed by atoms with Crippen molar-refractivity contribution < 1.29 is 27.1 Å². The molecule has 0 aliphatic carbocycles. The molecular weight excluding hydrogens is 432 g/mol. The lowest BCUT2D eigenvalue weighted by atomic mass is 10.1. The zero-order valence-corrected chi connectivity index (χ0v) is 18.4. The minimum Gasteiger partial charge on any atom is -0.486 e. The van der Waals surface area contributed by atoms with Gasteiger partial charge >= 0.3 is 0 Å². The molecule has 1 aliphatic rings. The lowest BCUT2D eigenvalue weighted by molar-refractivity contribution is 0.0938. The van der Waals surface area contributed by atoms with Crippen LogP contribution in [-0.2, 0) is 16.4 Å². The average Bonchev–Trinajstić information content (AvgIpc) is 3.31. The summed E-state index contributed by atoms with van der Waals surface area (Å²) in [5.41, 5.74) is 0.791. The second-order valence-electron chi connectivity index (χ2n) is 7.48. The van der Waals surface area contributed by atoms with Gasteiger partial charge in [-0.1, -0.05) is 0 Å². The Morgan fingerprint density at radius 1 is 1.03 bits per heavy atom. The van der Waals surface area contributed by atoms with Gasteiger partial charge in [0.05, 0.1) is 11.2 Å². The molecule has 1 aromatic heterocycles. The number of fused-ring (bicyclic) bond motifs is 1. The number of hydrogen-bond acceptors (Lipinski definition) is 6. The third kappa shape index (κ3) is 5.23. The molecule has 1 amide bonds. The van der Waals surface area contributed by atoms with Gasteiger partial charge in [0.1, 0.15) is 19.0 Å². The summed E-state index contributed by atoms with van der Waals surface area (Å²) in [5, 5.41) is 2.94. The van der Waals surface area contributed by atoms with Crippen LogP contribution in [0.5, 0.6) is 11.5 Å². The van der Waals surface area contributed by atoms with Crippen LogP contribution in [0.25, 0.3) is 0 Å². The van der Waals surface area contributed by atoms with Crippen molar-refractivity contribution in [2.75, 3.05) is 17.9 Å². The standard InChI is InChI=1S/C23H24N2O6S/c1-16(4-9-19-3-2-12-29-19)24-23(26)17-5-7-18(8-6-17)25-32(27,28)20-10-11-21-22(15-20)31-14-13-30-21/h2-3,5-8,10-12,15-16,25H,4,9,13-14H2,1H3,(H,24,26)/t16-/m1/s1. The Bertz CT molecular complexity index is 1170. The number of hydrogen-bond donors (Lipinski definition) is 2. The van der Waals surface area contributed by atoms with E-state index in [1.54, 1.807) is 36.6 Å². The molecule has 0 saturated heterocycles. The van der Waals surface area contributed by atoms with Crippen LogP contribution in [0.3, 0.4) is 0 Å². The summed E-state index contributed by atoms with van der Waals surface area (Å²) < 4.78 is 44.2. The van der Waals surface area contributed by atoms with Crippen LogP contribution in [0.1, 0.15) is 29.5 Å². The van der Waals surface area contributed by atoms with Gasteiger partial charge in [0.25, 0.3) is 15.9 Å². The van der Waals surface area contributed by atoms with Crippen LogP contribution in [0.2, 0.25) is 0 Å².